The van der Waals surface area contributed by atoms with Crippen LogP contribution in [0.2, 0.25) is 5.02 Å². The van der Waals surface area contributed by atoms with Crippen molar-refractivity contribution in [3.8, 4) is 11.6 Å². The van der Waals surface area contributed by atoms with E-state index < -0.39 is 0 Å². The second-order valence-corrected chi connectivity index (χ2v) is 6.23. The summed E-state index contributed by atoms with van der Waals surface area (Å²) in [5.74, 6) is 1.16. The fraction of sp³-hybridized carbons (Fsp3) is 0.312. The van der Waals surface area contributed by atoms with Gasteiger partial charge < -0.3 is 10.1 Å². The molecule has 1 aromatic carbocycles. The lowest BCUT2D eigenvalue weighted by atomic mass is 10.2. The number of halogens is 1. The minimum Gasteiger partial charge on any atom is -0.438 e. The lowest BCUT2D eigenvalue weighted by molar-refractivity contribution is 0.462. The largest absolute Gasteiger partial charge is 0.438 e. The van der Waals surface area contributed by atoms with Crippen molar-refractivity contribution >= 4 is 23.4 Å². The molecule has 1 N–H and O–H groups in total. The summed E-state index contributed by atoms with van der Waals surface area (Å²) in [5, 5.41) is 3.85. The van der Waals surface area contributed by atoms with Crippen LogP contribution in [0.15, 0.2) is 41.4 Å². The fourth-order valence-corrected chi connectivity index (χ4v) is 2.35. The highest BCUT2D eigenvalue weighted by molar-refractivity contribution is 7.98. The van der Waals surface area contributed by atoms with Crippen LogP contribution in [-0.2, 0) is 6.54 Å². The van der Waals surface area contributed by atoms with Crippen molar-refractivity contribution in [2.75, 3.05) is 6.26 Å². The van der Waals surface area contributed by atoms with Crippen LogP contribution >= 0.6 is 23.4 Å². The second-order valence-electron chi connectivity index (χ2n) is 4.94. The van der Waals surface area contributed by atoms with E-state index in [1.165, 1.54) is 4.90 Å². The summed E-state index contributed by atoms with van der Waals surface area (Å²) in [6.07, 6.45) is 3.82. The van der Waals surface area contributed by atoms with Crippen molar-refractivity contribution in [2.24, 2.45) is 0 Å². The molecule has 1 heterocycles. The summed E-state index contributed by atoms with van der Waals surface area (Å²) in [6, 6.07) is 10.2. The lowest BCUT2D eigenvalue weighted by Gasteiger charge is -2.10. The molecule has 1 aromatic heterocycles. The summed E-state index contributed by atoms with van der Waals surface area (Å²) in [5.41, 5.74) is 1.04. The fourth-order valence-electron chi connectivity index (χ4n) is 1.71. The molecule has 0 saturated carbocycles. The quantitative estimate of drug-likeness (QED) is 0.778. The van der Waals surface area contributed by atoms with Crippen molar-refractivity contribution in [3.63, 3.8) is 0 Å². The van der Waals surface area contributed by atoms with Crippen LogP contribution in [0.25, 0.3) is 0 Å². The maximum Gasteiger partial charge on any atom is 0.238 e. The maximum absolute atomic E-state index is 6.23. The van der Waals surface area contributed by atoms with E-state index in [1.807, 2.05) is 36.6 Å². The van der Waals surface area contributed by atoms with Crippen molar-refractivity contribution in [1.29, 1.82) is 0 Å². The number of rotatable bonds is 6. The summed E-state index contributed by atoms with van der Waals surface area (Å²) in [7, 11) is 0. The van der Waals surface area contributed by atoms with E-state index in [1.54, 1.807) is 18.0 Å². The second kappa shape index (κ2) is 7.69. The minimum absolute atomic E-state index is 0.426. The Balaban J connectivity index is 2.06. The number of thioether (sulfide) groups is 1. The zero-order chi connectivity index (χ0) is 15.2. The van der Waals surface area contributed by atoms with Gasteiger partial charge in [-0.25, -0.2) is 4.98 Å². The van der Waals surface area contributed by atoms with Gasteiger partial charge in [-0.05, 0) is 42.2 Å². The minimum atomic E-state index is 0.426. The molecular weight excluding hydrogens is 304 g/mol. The zero-order valence-electron chi connectivity index (χ0n) is 12.4. The van der Waals surface area contributed by atoms with Gasteiger partial charge in [0.25, 0.3) is 0 Å². The normalized spacial score (nSPS) is 10.9. The molecule has 0 aliphatic carbocycles. The van der Waals surface area contributed by atoms with Crippen LogP contribution in [0.4, 0.5) is 0 Å². The Bertz CT molecular complexity index is 587. The highest BCUT2D eigenvalue weighted by Crippen LogP contribution is 2.28. The molecule has 0 fully saturated rings. The molecule has 0 aliphatic heterocycles. The van der Waals surface area contributed by atoms with Gasteiger partial charge in [0, 0.05) is 23.7 Å². The van der Waals surface area contributed by atoms with Crippen molar-refractivity contribution in [2.45, 2.75) is 31.3 Å². The Morgan fingerprint density at radius 3 is 2.57 bits per heavy atom. The first-order valence-electron chi connectivity index (χ1n) is 6.78. The predicted octanol–water partition coefficient (Wildman–Crippen LogP) is 4.75. The molecule has 0 amide bonds. The van der Waals surface area contributed by atoms with Gasteiger partial charge in [-0.3, -0.25) is 0 Å². The third kappa shape index (κ3) is 4.92. The molecule has 5 heteroatoms. The van der Waals surface area contributed by atoms with Crippen LogP contribution in [0, 0.1) is 0 Å². The summed E-state index contributed by atoms with van der Waals surface area (Å²) in [6.45, 7) is 4.95. The van der Waals surface area contributed by atoms with Gasteiger partial charge >= 0.3 is 0 Å². The Kier molecular flexibility index (Phi) is 5.91. The number of benzene rings is 1. The highest BCUT2D eigenvalue weighted by atomic mass is 35.5. The molecule has 0 aliphatic rings. The van der Waals surface area contributed by atoms with Crippen LogP contribution in [-0.4, -0.2) is 17.3 Å². The Hall–Kier alpha value is -1.23. The number of ether oxygens (including phenoxy) is 1. The topological polar surface area (TPSA) is 34.1 Å². The maximum atomic E-state index is 6.23. The molecule has 0 unspecified atom stereocenters. The van der Waals surface area contributed by atoms with Crippen molar-refractivity contribution < 1.29 is 4.74 Å². The molecule has 0 saturated heterocycles. The van der Waals surface area contributed by atoms with Gasteiger partial charge in [-0.15, -0.1) is 11.8 Å². The van der Waals surface area contributed by atoms with Crippen molar-refractivity contribution in [3.05, 3.63) is 47.1 Å². The number of nitrogens with one attached hydrogen (secondary N) is 1. The number of nitrogens with zero attached hydrogens (tertiary/aromatic N) is 1. The average Bonchev–Trinajstić information content (AvgIpc) is 2.48. The smallest absolute Gasteiger partial charge is 0.238 e. The number of hydrogen-bond acceptors (Lipinski definition) is 4. The first-order valence-corrected chi connectivity index (χ1v) is 8.38. The predicted molar refractivity (Wildman–Crippen MR) is 89.5 cm³/mol. The van der Waals surface area contributed by atoms with Gasteiger partial charge in [0.15, 0.2) is 0 Å². The van der Waals surface area contributed by atoms with E-state index in [2.05, 4.69) is 24.1 Å². The van der Waals surface area contributed by atoms with Crippen molar-refractivity contribution in [1.82, 2.24) is 10.3 Å². The molecule has 0 spiro atoms. The first-order chi connectivity index (χ1) is 10.1. The van der Waals surface area contributed by atoms with Crippen LogP contribution < -0.4 is 10.1 Å². The molecule has 0 bridgehead atoms. The SMILES string of the molecule is CSc1ccc(Oc2ncc(CNC(C)C)cc2Cl)cc1. The van der Waals surface area contributed by atoms with E-state index in [0.717, 1.165) is 17.9 Å². The van der Waals surface area contributed by atoms with Crippen LogP contribution in [0.1, 0.15) is 19.4 Å². The standard InChI is InChI=1S/C16H19ClN2OS/c1-11(2)18-9-12-8-15(17)16(19-10-12)20-13-4-6-14(21-3)7-5-13/h4-8,10-11,18H,9H2,1-3H3. The van der Waals surface area contributed by atoms with E-state index in [0.29, 0.717) is 16.9 Å². The van der Waals surface area contributed by atoms with Gasteiger partial charge in [0.1, 0.15) is 10.8 Å². The number of pyridine rings is 1. The molecular formula is C16H19ClN2OS. The number of aromatic nitrogens is 1. The summed E-state index contributed by atoms with van der Waals surface area (Å²) in [4.78, 5) is 5.49. The van der Waals surface area contributed by atoms with Gasteiger partial charge in [-0.2, -0.15) is 0 Å². The molecule has 3 nitrogen and oxygen atoms in total. The van der Waals surface area contributed by atoms with Gasteiger partial charge in [0.2, 0.25) is 5.88 Å². The van der Waals surface area contributed by atoms with E-state index in [-0.39, 0.29) is 0 Å². The molecule has 2 aromatic rings. The van der Waals surface area contributed by atoms with Crippen LogP contribution in [0.5, 0.6) is 11.6 Å². The van der Waals surface area contributed by atoms with E-state index in [4.69, 9.17) is 16.3 Å². The summed E-state index contributed by atoms with van der Waals surface area (Å²) < 4.78 is 5.72. The number of hydrogen-bond donors (Lipinski definition) is 1. The molecule has 0 atom stereocenters. The molecule has 21 heavy (non-hydrogen) atoms. The molecule has 2 rings (SSSR count). The molecule has 112 valence electrons. The third-order valence-electron chi connectivity index (χ3n) is 2.85. The monoisotopic (exact) mass is 322 g/mol. The first kappa shape index (κ1) is 16.1. The third-order valence-corrected chi connectivity index (χ3v) is 3.87. The van der Waals surface area contributed by atoms with Crippen LogP contribution in [0.3, 0.4) is 0 Å². The van der Waals surface area contributed by atoms with E-state index in [9.17, 15) is 0 Å². The van der Waals surface area contributed by atoms with E-state index >= 15 is 0 Å². The lowest BCUT2D eigenvalue weighted by Crippen LogP contribution is -2.21. The van der Waals surface area contributed by atoms with Gasteiger partial charge in [-0.1, -0.05) is 25.4 Å². The zero-order valence-corrected chi connectivity index (χ0v) is 14.0. The Morgan fingerprint density at radius 1 is 1.29 bits per heavy atom. The van der Waals surface area contributed by atoms with Gasteiger partial charge in [0.05, 0.1) is 0 Å². The highest BCUT2D eigenvalue weighted by Gasteiger charge is 2.07. The average molecular weight is 323 g/mol. The summed E-state index contributed by atoms with van der Waals surface area (Å²) >= 11 is 7.93. The Labute approximate surface area is 135 Å². The molecule has 0 radical (unpaired) electrons. The Morgan fingerprint density at radius 2 is 2.00 bits per heavy atom.